The van der Waals surface area contributed by atoms with Crippen molar-refractivity contribution in [1.82, 2.24) is 25.0 Å². The minimum atomic E-state index is -0.213. The number of ether oxygens (including phenoxy) is 1. The number of thiazole rings is 1. The number of nitrogens with one attached hydrogen (secondary N) is 1. The molecule has 0 bridgehead atoms. The second kappa shape index (κ2) is 12.7. The monoisotopic (exact) mass is 550 g/mol. The molecule has 30 heavy (non-hydrogen) atoms. The molecular formula is C20H35IN6O2S. The lowest BCUT2D eigenvalue weighted by Crippen LogP contribution is -2.54. The number of nitrogens with zero attached hydrogens (tertiary/aromatic N) is 5. The first-order valence-corrected chi connectivity index (χ1v) is 11.5. The Morgan fingerprint density at radius 3 is 2.47 bits per heavy atom. The van der Waals surface area contributed by atoms with Gasteiger partial charge in [-0.1, -0.05) is 0 Å². The van der Waals surface area contributed by atoms with E-state index >= 15 is 0 Å². The van der Waals surface area contributed by atoms with Gasteiger partial charge < -0.3 is 19.9 Å². The van der Waals surface area contributed by atoms with Gasteiger partial charge in [-0.15, -0.1) is 35.3 Å². The Bertz CT molecular complexity index is 685. The number of aromatic nitrogens is 1. The molecule has 1 aromatic heterocycles. The number of piperazine rings is 1. The molecule has 0 spiro atoms. The number of guanidine groups is 1. The maximum absolute atomic E-state index is 11.9. The molecule has 3 heterocycles. The summed E-state index contributed by atoms with van der Waals surface area (Å²) in [6, 6.07) is 0. The lowest BCUT2D eigenvalue weighted by molar-refractivity contribution is 0.0913. The predicted octanol–water partition coefficient (Wildman–Crippen LogP) is 2.63. The first kappa shape index (κ1) is 25.1. The standard InChI is InChI=1S/C20H34N6O2S.HI/c1-4-28-20(27)26-11-9-25(10-12-26)19(21-3)22-13-17-5-7-24(8-6-17)14-18-15-29-16(2)23-18;/h15,17H,4-14H2,1-3H3,(H,21,22);1H. The van der Waals surface area contributed by atoms with Gasteiger partial charge in [-0.3, -0.25) is 9.89 Å². The Balaban J connectivity index is 0.00000320. The number of likely N-dealkylation sites (tertiary alicyclic amines) is 1. The van der Waals surface area contributed by atoms with E-state index in [0.717, 1.165) is 50.2 Å². The molecule has 0 aromatic carbocycles. The van der Waals surface area contributed by atoms with Gasteiger partial charge in [0.25, 0.3) is 0 Å². The van der Waals surface area contributed by atoms with E-state index in [1.807, 2.05) is 14.0 Å². The molecule has 2 aliphatic heterocycles. The maximum Gasteiger partial charge on any atom is 0.409 e. The van der Waals surface area contributed by atoms with Crippen LogP contribution in [0.1, 0.15) is 30.5 Å². The van der Waals surface area contributed by atoms with Gasteiger partial charge in [0.15, 0.2) is 5.96 Å². The van der Waals surface area contributed by atoms with Crippen LogP contribution in [-0.4, -0.2) is 91.2 Å². The minimum absolute atomic E-state index is 0. The molecule has 1 N–H and O–H groups in total. The van der Waals surface area contributed by atoms with Gasteiger partial charge in [-0.25, -0.2) is 9.78 Å². The van der Waals surface area contributed by atoms with Crippen molar-refractivity contribution in [3.8, 4) is 0 Å². The topological polar surface area (TPSA) is 73.3 Å². The summed E-state index contributed by atoms with van der Waals surface area (Å²) in [5.41, 5.74) is 1.20. The fourth-order valence-electron chi connectivity index (χ4n) is 3.94. The van der Waals surface area contributed by atoms with Crippen LogP contribution in [0.2, 0.25) is 0 Å². The van der Waals surface area contributed by atoms with Crippen molar-refractivity contribution in [2.75, 3.05) is 59.5 Å². The number of aliphatic imine (C=N–C) groups is 1. The predicted molar refractivity (Wildman–Crippen MR) is 132 cm³/mol. The highest BCUT2D eigenvalue weighted by Gasteiger charge is 2.25. The fraction of sp³-hybridized carbons (Fsp3) is 0.750. The summed E-state index contributed by atoms with van der Waals surface area (Å²) in [5.74, 6) is 1.61. The second-order valence-corrected chi connectivity index (χ2v) is 8.74. The summed E-state index contributed by atoms with van der Waals surface area (Å²) in [6.07, 6.45) is 2.18. The number of piperidine rings is 1. The van der Waals surface area contributed by atoms with Gasteiger partial charge in [0.1, 0.15) is 0 Å². The third kappa shape index (κ3) is 7.23. The van der Waals surface area contributed by atoms with Crippen LogP contribution in [0.5, 0.6) is 0 Å². The molecule has 8 nitrogen and oxygen atoms in total. The fourth-order valence-corrected chi connectivity index (χ4v) is 4.55. The van der Waals surface area contributed by atoms with Gasteiger partial charge in [-0.05, 0) is 45.7 Å². The molecule has 2 aliphatic rings. The van der Waals surface area contributed by atoms with Gasteiger partial charge in [0.05, 0.1) is 17.3 Å². The number of aryl methyl sites for hydroxylation is 1. The molecule has 2 fully saturated rings. The van der Waals surface area contributed by atoms with Crippen LogP contribution >= 0.6 is 35.3 Å². The molecule has 0 radical (unpaired) electrons. The van der Waals surface area contributed by atoms with Gasteiger partial charge in [0.2, 0.25) is 0 Å². The Labute approximate surface area is 201 Å². The Morgan fingerprint density at radius 1 is 1.23 bits per heavy atom. The first-order valence-electron chi connectivity index (χ1n) is 10.6. The highest BCUT2D eigenvalue weighted by atomic mass is 127. The van der Waals surface area contributed by atoms with E-state index in [1.165, 1.54) is 18.5 Å². The average Bonchev–Trinajstić information content (AvgIpc) is 3.15. The number of rotatable bonds is 5. The third-order valence-corrected chi connectivity index (χ3v) is 6.45. The summed E-state index contributed by atoms with van der Waals surface area (Å²) in [4.78, 5) is 27.4. The summed E-state index contributed by atoms with van der Waals surface area (Å²) in [5, 5.41) is 6.88. The molecule has 10 heteroatoms. The molecule has 170 valence electrons. The van der Waals surface area contributed by atoms with Crippen LogP contribution in [-0.2, 0) is 11.3 Å². The van der Waals surface area contributed by atoms with E-state index in [-0.39, 0.29) is 30.1 Å². The number of hydrogen-bond donors (Lipinski definition) is 1. The molecule has 1 aromatic rings. The number of carbonyl (C=O) groups is 1. The number of halogens is 1. The molecule has 0 atom stereocenters. The summed E-state index contributed by atoms with van der Waals surface area (Å²) in [6.45, 7) is 11.4. The smallest absolute Gasteiger partial charge is 0.409 e. The zero-order chi connectivity index (χ0) is 20.6. The summed E-state index contributed by atoms with van der Waals surface area (Å²) >= 11 is 1.73. The van der Waals surface area contributed by atoms with Crippen molar-refractivity contribution >= 4 is 47.4 Å². The van der Waals surface area contributed by atoms with E-state index in [1.54, 1.807) is 16.2 Å². The average molecular weight is 551 g/mol. The quantitative estimate of drug-likeness (QED) is 0.346. The number of amides is 1. The van der Waals surface area contributed by atoms with Crippen LogP contribution in [0.4, 0.5) is 4.79 Å². The van der Waals surface area contributed by atoms with Crippen LogP contribution in [0.15, 0.2) is 10.4 Å². The van der Waals surface area contributed by atoms with Crippen molar-refractivity contribution in [2.24, 2.45) is 10.9 Å². The van der Waals surface area contributed by atoms with Crippen LogP contribution in [0, 0.1) is 12.8 Å². The molecule has 3 rings (SSSR count). The Hall–Kier alpha value is -1.14. The normalized spacial score (nSPS) is 18.8. The molecular weight excluding hydrogens is 515 g/mol. The second-order valence-electron chi connectivity index (χ2n) is 7.68. The van der Waals surface area contributed by atoms with E-state index in [9.17, 15) is 4.79 Å². The lowest BCUT2D eigenvalue weighted by atomic mass is 9.97. The molecule has 1 amide bonds. The van der Waals surface area contributed by atoms with Gasteiger partial charge >= 0.3 is 6.09 Å². The van der Waals surface area contributed by atoms with E-state index < -0.39 is 0 Å². The maximum atomic E-state index is 11.9. The zero-order valence-corrected chi connectivity index (χ0v) is 21.4. The lowest BCUT2D eigenvalue weighted by Gasteiger charge is -2.37. The number of carbonyl (C=O) groups excluding carboxylic acids is 1. The SMILES string of the molecule is CCOC(=O)N1CCN(C(=NC)NCC2CCN(Cc3csc(C)n3)CC2)CC1.I. The van der Waals surface area contributed by atoms with Crippen molar-refractivity contribution in [3.05, 3.63) is 16.1 Å². The van der Waals surface area contributed by atoms with Crippen molar-refractivity contribution in [1.29, 1.82) is 0 Å². The molecule has 0 aliphatic carbocycles. The highest BCUT2D eigenvalue weighted by molar-refractivity contribution is 14.0. The molecule has 0 saturated carbocycles. The summed E-state index contributed by atoms with van der Waals surface area (Å²) < 4.78 is 5.09. The third-order valence-electron chi connectivity index (χ3n) is 5.63. The van der Waals surface area contributed by atoms with Crippen molar-refractivity contribution in [2.45, 2.75) is 33.2 Å². The Morgan fingerprint density at radius 2 is 1.90 bits per heavy atom. The number of hydrogen-bond acceptors (Lipinski definition) is 6. The largest absolute Gasteiger partial charge is 0.450 e. The van der Waals surface area contributed by atoms with Gasteiger partial charge in [-0.2, -0.15) is 0 Å². The van der Waals surface area contributed by atoms with Gasteiger partial charge in [0, 0.05) is 51.7 Å². The van der Waals surface area contributed by atoms with Crippen LogP contribution in [0.3, 0.4) is 0 Å². The first-order chi connectivity index (χ1) is 14.1. The van der Waals surface area contributed by atoms with Crippen molar-refractivity contribution in [3.63, 3.8) is 0 Å². The van der Waals surface area contributed by atoms with Crippen LogP contribution in [0.25, 0.3) is 0 Å². The molecule has 0 unspecified atom stereocenters. The van der Waals surface area contributed by atoms with E-state index in [4.69, 9.17) is 4.74 Å². The Kier molecular flexibility index (Phi) is 10.6. The van der Waals surface area contributed by atoms with Crippen molar-refractivity contribution < 1.29 is 9.53 Å². The van der Waals surface area contributed by atoms with E-state index in [0.29, 0.717) is 25.6 Å². The van der Waals surface area contributed by atoms with E-state index in [2.05, 4.69) is 37.4 Å². The zero-order valence-electron chi connectivity index (χ0n) is 18.3. The van der Waals surface area contributed by atoms with Crippen LogP contribution < -0.4 is 5.32 Å². The highest BCUT2D eigenvalue weighted by Crippen LogP contribution is 2.19. The molecule has 2 saturated heterocycles. The summed E-state index contributed by atoms with van der Waals surface area (Å²) in [7, 11) is 1.83. The minimum Gasteiger partial charge on any atom is -0.450 e.